The number of nitrogens with one attached hydrogen (secondary N) is 1. The van der Waals surface area contributed by atoms with Crippen LogP contribution in [-0.4, -0.2) is 21.0 Å². The normalized spacial score (nSPS) is 11.2. The van der Waals surface area contributed by atoms with Gasteiger partial charge in [0.1, 0.15) is 11.5 Å². The summed E-state index contributed by atoms with van der Waals surface area (Å²) in [6, 6.07) is 15.1. The van der Waals surface area contributed by atoms with Crippen molar-refractivity contribution < 1.29 is 14.3 Å². The Morgan fingerprint density at radius 2 is 1.78 bits per heavy atom. The quantitative estimate of drug-likeness (QED) is 0.582. The van der Waals surface area contributed by atoms with E-state index in [2.05, 4.69) is 9.97 Å². The molecule has 0 aliphatic rings. The molecule has 4 nitrogen and oxygen atoms in total. The average Bonchev–Trinajstić information content (AvgIpc) is 2.93. The molecule has 112 valence electrons. The van der Waals surface area contributed by atoms with Crippen LogP contribution in [0.25, 0.3) is 33.1 Å². The van der Waals surface area contributed by atoms with E-state index in [0.717, 1.165) is 21.8 Å². The molecule has 0 saturated carbocycles. The van der Waals surface area contributed by atoms with Crippen molar-refractivity contribution >= 4 is 27.8 Å². The first kappa shape index (κ1) is 13.5. The molecule has 2 aromatic carbocycles. The molecule has 2 heterocycles. The summed E-state index contributed by atoms with van der Waals surface area (Å²) in [6.45, 7) is 0. The van der Waals surface area contributed by atoms with Crippen molar-refractivity contribution in [1.82, 2.24) is 9.97 Å². The van der Waals surface area contributed by atoms with Crippen LogP contribution in [0.5, 0.6) is 0 Å². The first-order valence-electron chi connectivity index (χ1n) is 7.04. The summed E-state index contributed by atoms with van der Waals surface area (Å²) in [6.07, 6.45) is 0. The average molecular weight is 306 g/mol. The summed E-state index contributed by atoms with van der Waals surface area (Å²) < 4.78 is 13.2. The highest BCUT2D eigenvalue weighted by molar-refractivity contribution is 6.12. The number of fused-ring (bicyclic) bond motifs is 3. The molecule has 0 unspecified atom stereocenters. The zero-order chi connectivity index (χ0) is 16.0. The maximum atomic E-state index is 13.2. The van der Waals surface area contributed by atoms with Gasteiger partial charge in [-0.2, -0.15) is 0 Å². The second kappa shape index (κ2) is 4.91. The van der Waals surface area contributed by atoms with Gasteiger partial charge in [-0.05, 0) is 36.4 Å². The predicted octanol–water partition coefficient (Wildman–Crippen LogP) is 4.22. The molecule has 0 atom stereocenters. The number of carboxylic acids is 1. The van der Waals surface area contributed by atoms with E-state index in [0.29, 0.717) is 11.3 Å². The van der Waals surface area contributed by atoms with Gasteiger partial charge in [-0.3, -0.25) is 0 Å². The van der Waals surface area contributed by atoms with Gasteiger partial charge in [-0.15, -0.1) is 0 Å². The molecule has 2 N–H and O–H groups in total. The molecule has 0 amide bonds. The van der Waals surface area contributed by atoms with Gasteiger partial charge >= 0.3 is 5.97 Å². The van der Waals surface area contributed by atoms with Crippen LogP contribution in [0, 0.1) is 5.82 Å². The van der Waals surface area contributed by atoms with Crippen LogP contribution in [0.3, 0.4) is 0 Å². The first-order valence-corrected chi connectivity index (χ1v) is 7.04. The number of aromatic nitrogens is 2. The van der Waals surface area contributed by atoms with Crippen LogP contribution in [0.1, 0.15) is 10.5 Å². The third-order valence-corrected chi connectivity index (χ3v) is 3.83. The van der Waals surface area contributed by atoms with Crippen LogP contribution in [-0.2, 0) is 0 Å². The molecule has 0 aliphatic heterocycles. The van der Waals surface area contributed by atoms with Crippen molar-refractivity contribution in [3.8, 4) is 11.3 Å². The minimum Gasteiger partial charge on any atom is -0.477 e. The number of para-hydroxylation sites is 1. The fraction of sp³-hybridized carbons (Fsp3) is 0. The van der Waals surface area contributed by atoms with E-state index in [1.165, 1.54) is 12.1 Å². The molecule has 0 radical (unpaired) electrons. The number of aromatic carboxylic acids is 1. The van der Waals surface area contributed by atoms with Crippen molar-refractivity contribution in [2.24, 2.45) is 0 Å². The molecule has 0 saturated heterocycles. The van der Waals surface area contributed by atoms with Gasteiger partial charge in [0.05, 0.1) is 11.2 Å². The third kappa shape index (κ3) is 2.14. The van der Waals surface area contributed by atoms with Gasteiger partial charge in [-0.1, -0.05) is 18.2 Å². The number of hydrogen-bond acceptors (Lipinski definition) is 2. The highest BCUT2D eigenvalue weighted by Gasteiger charge is 2.16. The number of nitrogens with zero attached hydrogens (tertiary/aromatic N) is 1. The van der Waals surface area contributed by atoms with Gasteiger partial charge < -0.3 is 10.1 Å². The minimum atomic E-state index is -1.10. The Hall–Kier alpha value is -3.21. The molecule has 4 aromatic rings. The Kier molecular flexibility index (Phi) is 2.87. The van der Waals surface area contributed by atoms with Gasteiger partial charge in [0.15, 0.2) is 0 Å². The standard InChI is InChI=1S/C18H11FN2O2/c19-11-7-5-10(6-8-11)16-17-13(9-15(21-16)18(22)23)12-3-1-2-4-14(12)20-17/h1-9,20H,(H,22,23). The van der Waals surface area contributed by atoms with E-state index < -0.39 is 5.97 Å². The lowest BCUT2D eigenvalue weighted by molar-refractivity contribution is 0.0691. The Labute approximate surface area is 130 Å². The molecule has 0 spiro atoms. The number of rotatable bonds is 2. The second-order valence-electron chi connectivity index (χ2n) is 5.26. The van der Waals surface area contributed by atoms with Crippen LogP contribution in [0.15, 0.2) is 54.6 Å². The summed E-state index contributed by atoms with van der Waals surface area (Å²) in [5, 5.41) is 11.0. The Morgan fingerprint density at radius 1 is 1.04 bits per heavy atom. The lowest BCUT2D eigenvalue weighted by Crippen LogP contribution is -2.01. The van der Waals surface area contributed by atoms with Crippen LogP contribution in [0.2, 0.25) is 0 Å². The van der Waals surface area contributed by atoms with Crippen LogP contribution < -0.4 is 0 Å². The molecule has 0 fully saturated rings. The van der Waals surface area contributed by atoms with E-state index in [9.17, 15) is 14.3 Å². The van der Waals surface area contributed by atoms with Gasteiger partial charge in [-0.25, -0.2) is 14.2 Å². The second-order valence-corrected chi connectivity index (χ2v) is 5.26. The fourth-order valence-corrected chi connectivity index (χ4v) is 2.77. The number of H-pyrrole nitrogens is 1. The van der Waals surface area contributed by atoms with Gasteiger partial charge in [0.2, 0.25) is 0 Å². The molecule has 2 aromatic heterocycles. The summed E-state index contributed by atoms with van der Waals surface area (Å²) in [7, 11) is 0. The van der Waals surface area contributed by atoms with Crippen molar-refractivity contribution in [3.63, 3.8) is 0 Å². The summed E-state index contributed by atoms with van der Waals surface area (Å²) in [5.41, 5.74) is 2.75. The molecular formula is C18H11FN2O2. The van der Waals surface area contributed by atoms with Crippen LogP contribution >= 0.6 is 0 Å². The number of carboxylic acid groups (broad SMARTS) is 1. The van der Waals surface area contributed by atoms with E-state index in [4.69, 9.17) is 0 Å². The SMILES string of the molecule is O=C(O)c1cc2c([nH]c3ccccc32)c(-c2ccc(F)cc2)n1. The van der Waals surface area contributed by atoms with Gasteiger partial charge in [0.25, 0.3) is 0 Å². The van der Waals surface area contributed by atoms with Gasteiger partial charge in [0, 0.05) is 21.9 Å². The zero-order valence-electron chi connectivity index (χ0n) is 11.9. The number of carbonyl (C=O) groups is 1. The van der Waals surface area contributed by atoms with Crippen molar-refractivity contribution in [2.45, 2.75) is 0 Å². The number of hydrogen-bond donors (Lipinski definition) is 2. The Balaban J connectivity index is 2.12. The first-order chi connectivity index (χ1) is 11.1. The molecule has 0 bridgehead atoms. The lowest BCUT2D eigenvalue weighted by atomic mass is 10.1. The number of pyridine rings is 1. The molecular weight excluding hydrogens is 295 g/mol. The molecule has 5 heteroatoms. The van der Waals surface area contributed by atoms with E-state index in [1.807, 2.05) is 24.3 Å². The van der Waals surface area contributed by atoms with E-state index in [-0.39, 0.29) is 11.5 Å². The maximum Gasteiger partial charge on any atom is 0.354 e. The monoisotopic (exact) mass is 306 g/mol. The third-order valence-electron chi connectivity index (χ3n) is 3.83. The van der Waals surface area contributed by atoms with E-state index in [1.54, 1.807) is 18.2 Å². The molecule has 4 rings (SSSR count). The van der Waals surface area contributed by atoms with Crippen molar-refractivity contribution in [3.05, 3.63) is 66.1 Å². The maximum absolute atomic E-state index is 13.2. The smallest absolute Gasteiger partial charge is 0.354 e. The minimum absolute atomic E-state index is 0.0402. The Morgan fingerprint density at radius 3 is 2.52 bits per heavy atom. The fourth-order valence-electron chi connectivity index (χ4n) is 2.77. The van der Waals surface area contributed by atoms with Crippen LogP contribution in [0.4, 0.5) is 4.39 Å². The summed E-state index contributed by atoms with van der Waals surface area (Å²) >= 11 is 0. The van der Waals surface area contributed by atoms with E-state index >= 15 is 0 Å². The summed E-state index contributed by atoms with van der Waals surface area (Å²) in [4.78, 5) is 18.9. The zero-order valence-corrected chi connectivity index (χ0v) is 11.9. The molecule has 0 aliphatic carbocycles. The number of halogens is 1. The number of benzene rings is 2. The topological polar surface area (TPSA) is 66.0 Å². The Bertz CT molecular complexity index is 1050. The van der Waals surface area contributed by atoms with Crippen molar-refractivity contribution in [1.29, 1.82) is 0 Å². The highest BCUT2D eigenvalue weighted by Crippen LogP contribution is 2.32. The number of aromatic amines is 1. The summed E-state index contributed by atoms with van der Waals surface area (Å²) in [5.74, 6) is -1.45. The highest BCUT2D eigenvalue weighted by atomic mass is 19.1. The molecule has 23 heavy (non-hydrogen) atoms. The lowest BCUT2D eigenvalue weighted by Gasteiger charge is -2.05. The predicted molar refractivity (Wildman–Crippen MR) is 86.0 cm³/mol. The van der Waals surface area contributed by atoms with Crippen molar-refractivity contribution in [2.75, 3.05) is 0 Å². The largest absolute Gasteiger partial charge is 0.477 e.